The monoisotopic (exact) mass is 296 g/mol. The molecule has 1 saturated heterocycles. The number of fused-ring (bicyclic) bond motifs is 1. The normalized spacial score (nSPS) is 20.3. The largest absolute Gasteiger partial charge is 0.309 e. The molecule has 1 fully saturated rings. The zero-order chi connectivity index (χ0) is 12.2. The molecular weight excluding hydrogens is 280 g/mol. The van der Waals surface area contributed by atoms with Gasteiger partial charge in [0, 0.05) is 35.6 Å². The first-order valence-electron chi connectivity index (χ1n) is 6.16. The van der Waals surface area contributed by atoms with E-state index in [1.807, 2.05) is 0 Å². The molecule has 1 aromatic heterocycles. The zero-order valence-electron chi connectivity index (χ0n) is 10.1. The number of para-hydroxylation sites is 1. The van der Waals surface area contributed by atoms with Gasteiger partial charge in [-0.2, -0.15) is 23.5 Å². The van der Waals surface area contributed by atoms with E-state index in [0.29, 0.717) is 0 Å². The smallest absolute Gasteiger partial charge is 0.108 e. The van der Waals surface area contributed by atoms with Gasteiger partial charge in [-0.05, 0) is 12.1 Å². The van der Waals surface area contributed by atoms with Gasteiger partial charge in [0.25, 0.3) is 0 Å². The summed E-state index contributed by atoms with van der Waals surface area (Å²) in [5.41, 5.74) is 1.13. The van der Waals surface area contributed by atoms with Crippen LogP contribution >= 0.6 is 34.9 Å². The van der Waals surface area contributed by atoms with Crippen LogP contribution in [0.15, 0.2) is 24.3 Å². The second-order valence-electron chi connectivity index (χ2n) is 4.27. The molecule has 0 bridgehead atoms. The van der Waals surface area contributed by atoms with E-state index in [-0.39, 0.29) is 0 Å². The maximum absolute atomic E-state index is 4.64. The first-order valence-corrected chi connectivity index (χ1v) is 9.18. The lowest BCUT2D eigenvalue weighted by Crippen LogP contribution is -2.28. The van der Waals surface area contributed by atoms with Gasteiger partial charge < -0.3 is 5.32 Å². The minimum absolute atomic E-state index is 0.776. The summed E-state index contributed by atoms with van der Waals surface area (Å²) >= 11 is 5.98. The maximum atomic E-state index is 4.64. The average Bonchev–Trinajstić information content (AvgIpc) is 2.82. The van der Waals surface area contributed by atoms with Crippen LogP contribution in [-0.2, 0) is 6.54 Å². The predicted octanol–water partition coefficient (Wildman–Crippen LogP) is 3.23. The van der Waals surface area contributed by atoms with Crippen LogP contribution in [0.1, 0.15) is 5.01 Å². The fourth-order valence-electron chi connectivity index (χ4n) is 1.99. The Balaban J connectivity index is 1.53. The van der Waals surface area contributed by atoms with E-state index >= 15 is 0 Å². The van der Waals surface area contributed by atoms with Crippen LogP contribution in [0.2, 0.25) is 0 Å². The van der Waals surface area contributed by atoms with Gasteiger partial charge in [0.15, 0.2) is 0 Å². The van der Waals surface area contributed by atoms with Crippen molar-refractivity contribution in [1.29, 1.82) is 0 Å². The van der Waals surface area contributed by atoms with Crippen molar-refractivity contribution in [2.24, 2.45) is 0 Å². The second kappa shape index (κ2) is 6.28. The lowest BCUT2D eigenvalue weighted by molar-refractivity contribution is 0.684. The number of hydrogen-bond acceptors (Lipinski definition) is 5. The molecule has 18 heavy (non-hydrogen) atoms. The molecule has 0 amide bonds. The Kier molecular flexibility index (Phi) is 4.46. The van der Waals surface area contributed by atoms with Crippen molar-refractivity contribution in [3.63, 3.8) is 0 Å². The second-order valence-corrected chi connectivity index (χ2v) is 7.95. The van der Waals surface area contributed by atoms with Crippen molar-refractivity contribution in [3.05, 3.63) is 29.3 Å². The number of aromatic nitrogens is 1. The van der Waals surface area contributed by atoms with Gasteiger partial charge in [-0.15, -0.1) is 11.3 Å². The fourth-order valence-corrected chi connectivity index (χ4v) is 5.57. The summed E-state index contributed by atoms with van der Waals surface area (Å²) in [4.78, 5) is 4.64. The van der Waals surface area contributed by atoms with Crippen LogP contribution in [0.4, 0.5) is 0 Å². The molecule has 1 unspecified atom stereocenters. The van der Waals surface area contributed by atoms with E-state index in [9.17, 15) is 0 Å². The molecule has 1 aliphatic rings. The van der Waals surface area contributed by atoms with E-state index in [0.717, 1.165) is 23.9 Å². The van der Waals surface area contributed by atoms with Crippen molar-refractivity contribution in [3.8, 4) is 0 Å². The highest BCUT2D eigenvalue weighted by Gasteiger charge is 2.13. The Morgan fingerprint density at radius 2 is 2.22 bits per heavy atom. The lowest BCUT2D eigenvalue weighted by Gasteiger charge is -2.20. The summed E-state index contributed by atoms with van der Waals surface area (Å²) < 4.78 is 1.29. The molecule has 0 spiro atoms. The van der Waals surface area contributed by atoms with Crippen LogP contribution in [0.3, 0.4) is 0 Å². The molecule has 2 nitrogen and oxygen atoms in total. The molecule has 0 aliphatic carbocycles. The van der Waals surface area contributed by atoms with E-state index in [1.165, 1.54) is 27.0 Å². The van der Waals surface area contributed by atoms with E-state index < -0.39 is 0 Å². The van der Waals surface area contributed by atoms with Crippen LogP contribution in [0.25, 0.3) is 10.2 Å². The quantitative estimate of drug-likeness (QED) is 0.936. The summed E-state index contributed by atoms with van der Waals surface area (Å²) in [6.07, 6.45) is 0. The van der Waals surface area contributed by atoms with E-state index in [2.05, 4.69) is 58.1 Å². The number of nitrogens with zero attached hydrogens (tertiary/aromatic N) is 1. The molecule has 2 aromatic rings. The van der Waals surface area contributed by atoms with Crippen molar-refractivity contribution in [2.75, 3.05) is 23.8 Å². The number of hydrogen-bond donors (Lipinski definition) is 1. The molecule has 0 saturated carbocycles. The molecule has 1 aromatic carbocycles. The first-order chi connectivity index (χ1) is 8.92. The summed E-state index contributed by atoms with van der Waals surface area (Å²) in [7, 11) is 0. The summed E-state index contributed by atoms with van der Waals surface area (Å²) in [6, 6.07) is 8.36. The summed E-state index contributed by atoms with van der Waals surface area (Å²) in [5.74, 6) is 3.91. The van der Waals surface area contributed by atoms with Crippen molar-refractivity contribution >= 4 is 45.1 Å². The molecule has 3 rings (SSSR count). The molecule has 0 radical (unpaired) electrons. The molecular formula is C13H16N2S3. The van der Waals surface area contributed by atoms with Gasteiger partial charge in [-0.3, -0.25) is 0 Å². The Morgan fingerprint density at radius 3 is 3.06 bits per heavy atom. The SMILES string of the molecule is c1ccc2sc(CNCC3CSCCS3)nc2c1. The van der Waals surface area contributed by atoms with Crippen molar-refractivity contribution in [1.82, 2.24) is 10.3 Å². The molecule has 2 heterocycles. The van der Waals surface area contributed by atoms with Crippen molar-refractivity contribution in [2.45, 2.75) is 11.8 Å². The fraction of sp³-hybridized carbons (Fsp3) is 0.462. The van der Waals surface area contributed by atoms with Crippen LogP contribution in [0, 0.1) is 0 Å². The molecule has 1 atom stereocenters. The summed E-state index contributed by atoms with van der Waals surface area (Å²) in [5, 5.41) is 5.52. The van der Waals surface area contributed by atoms with Crippen LogP contribution in [-0.4, -0.2) is 34.0 Å². The Morgan fingerprint density at radius 1 is 1.28 bits per heavy atom. The molecule has 1 N–H and O–H groups in total. The minimum Gasteiger partial charge on any atom is -0.309 e. The van der Waals surface area contributed by atoms with Gasteiger partial charge >= 0.3 is 0 Å². The van der Waals surface area contributed by atoms with Gasteiger partial charge in [-0.1, -0.05) is 12.1 Å². The third-order valence-corrected chi connectivity index (χ3v) is 6.75. The van der Waals surface area contributed by atoms with Crippen LogP contribution < -0.4 is 5.32 Å². The Labute approximate surface area is 120 Å². The first kappa shape index (κ1) is 12.8. The van der Waals surface area contributed by atoms with Crippen LogP contribution in [0.5, 0.6) is 0 Å². The molecule has 96 valence electrons. The topological polar surface area (TPSA) is 24.9 Å². The summed E-state index contributed by atoms with van der Waals surface area (Å²) in [6.45, 7) is 2.01. The molecule has 5 heteroatoms. The third kappa shape index (κ3) is 3.20. The highest BCUT2D eigenvalue weighted by Crippen LogP contribution is 2.24. The highest BCUT2D eigenvalue weighted by atomic mass is 32.2. The Bertz CT molecular complexity index is 473. The zero-order valence-corrected chi connectivity index (χ0v) is 12.5. The minimum atomic E-state index is 0.776. The van der Waals surface area contributed by atoms with Gasteiger partial charge in [0.05, 0.1) is 10.2 Å². The lowest BCUT2D eigenvalue weighted by atomic mass is 10.3. The third-order valence-electron chi connectivity index (χ3n) is 2.87. The number of benzene rings is 1. The Hall–Kier alpha value is -0.230. The number of thioether (sulfide) groups is 2. The van der Waals surface area contributed by atoms with Gasteiger partial charge in [-0.25, -0.2) is 4.98 Å². The maximum Gasteiger partial charge on any atom is 0.108 e. The highest BCUT2D eigenvalue weighted by molar-refractivity contribution is 8.06. The average molecular weight is 296 g/mol. The predicted molar refractivity (Wildman–Crippen MR) is 84.9 cm³/mol. The number of rotatable bonds is 4. The molecule has 1 aliphatic heterocycles. The van der Waals surface area contributed by atoms with E-state index in [1.54, 1.807) is 11.3 Å². The van der Waals surface area contributed by atoms with E-state index in [4.69, 9.17) is 0 Å². The number of nitrogens with one attached hydrogen (secondary N) is 1. The standard InChI is InChI=1S/C13H16N2S3/c1-2-4-12-11(3-1)15-13(18-12)8-14-7-10-9-16-5-6-17-10/h1-4,10,14H,5-9H2. The van der Waals surface area contributed by atoms with Crippen molar-refractivity contribution < 1.29 is 0 Å². The number of thiazole rings is 1. The van der Waals surface area contributed by atoms with Gasteiger partial charge in [0.1, 0.15) is 5.01 Å². The van der Waals surface area contributed by atoms with Gasteiger partial charge in [0.2, 0.25) is 0 Å².